The summed E-state index contributed by atoms with van der Waals surface area (Å²) in [5.74, 6) is -1.03. The molecule has 2 aliphatic carbocycles. The quantitative estimate of drug-likeness (QED) is 0.124. The van der Waals surface area contributed by atoms with Crippen LogP contribution in [0.1, 0.15) is 77.6 Å². The number of phosphoric acid groups is 1. The number of nitrogens with zero attached hydrogens (tertiary/aromatic N) is 2. The molecule has 5 unspecified atom stereocenters. The Labute approximate surface area is 267 Å². The number of likely N-dealkylation sites (tertiary alicyclic amines) is 1. The largest absolute Gasteiger partial charge is 0.472 e. The van der Waals surface area contributed by atoms with Gasteiger partial charge in [-0.1, -0.05) is 19.4 Å². The van der Waals surface area contributed by atoms with Gasteiger partial charge in [0.2, 0.25) is 17.6 Å². The molecule has 0 radical (unpaired) electrons. The first-order valence-electron chi connectivity index (χ1n) is 15.8. The number of rotatable bonds is 16. The average Bonchev–Trinajstić information content (AvgIpc) is 3.49. The summed E-state index contributed by atoms with van der Waals surface area (Å²) >= 11 is 1.50. The van der Waals surface area contributed by atoms with E-state index in [9.17, 15) is 38.1 Å². The number of aliphatic hydroxyl groups is 1. The third-order valence-electron chi connectivity index (χ3n) is 9.19. The predicted octanol–water partition coefficient (Wildman–Crippen LogP) is 3.79. The molecule has 2 aliphatic heterocycles. The van der Waals surface area contributed by atoms with Gasteiger partial charge in [0.1, 0.15) is 11.6 Å². The van der Waals surface area contributed by atoms with Crippen LogP contribution in [0.15, 0.2) is 24.4 Å². The Kier molecular flexibility index (Phi) is 12.8. The van der Waals surface area contributed by atoms with Gasteiger partial charge in [0.25, 0.3) is 5.91 Å². The number of aliphatic hydroxyl groups excluding tert-OH is 1. The molecule has 5 atom stereocenters. The summed E-state index contributed by atoms with van der Waals surface area (Å²) in [4.78, 5) is 61.3. The Morgan fingerprint density at radius 2 is 1.84 bits per heavy atom. The van der Waals surface area contributed by atoms with Crippen molar-refractivity contribution < 1.29 is 47.2 Å². The number of phosphoric ester groups is 1. The highest BCUT2D eigenvalue weighted by molar-refractivity contribution is 8.00. The van der Waals surface area contributed by atoms with Crippen molar-refractivity contribution in [2.45, 2.75) is 94.9 Å². The van der Waals surface area contributed by atoms with Crippen LogP contribution < -0.4 is 5.32 Å². The molecule has 2 saturated carbocycles. The van der Waals surface area contributed by atoms with Gasteiger partial charge in [-0.05, 0) is 70.0 Å². The molecule has 0 aromatic rings. The van der Waals surface area contributed by atoms with E-state index in [1.54, 1.807) is 6.92 Å². The minimum atomic E-state index is -4.33. The second-order valence-electron chi connectivity index (χ2n) is 12.5. The molecule has 15 heteroatoms. The predicted molar refractivity (Wildman–Crippen MR) is 165 cm³/mol. The van der Waals surface area contributed by atoms with Crippen LogP contribution in [-0.2, 0) is 32.8 Å². The molecule has 4 aliphatic rings. The maximum atomic E-state index is 13.7. The Hall–Kier alpha value is -2.09. The lowest BCUT2D eigenvalue weighted by molar-refractivity contribution is -0.139. The number of unbranched alkanes of at least 4 members (excludes halogenated alkanes) is 3. The van der Waals surface area contributed by atoms with Crippen molar-refractivity contribution in [1.29, 1.82) is 0 Å². The van der Waals surface area contributed by atoms with Crippen molar-refractivity contribution in [3.8, 4) is 0 Å². The minimum Gasteiger partial charge on any atom is -0.393 e. The standard InChI is InChI=1S/C30H45FN3O9PS/c1-19(35)22-9-7-21(8-10-22)16-34-28(37)15-27(30(34)39)45-12-6-4-3-5-11-42-44(40,41)43-18-23-13-24(14-26(23)36)33-17-25(31)29(38)32-20(33)2/h17,21-24,26-27,36H,2-16,18H2,1H3,(H,32,38)(H,40,41). The monoisotopic (exact) mass is 673 g/mol. The number of Topliss-reactive ketones (excluding diaryl/α,β-unsaturated/α-hetero) is 1. The lowest BCUT2D eigenvalue weighted by Crippen LogP contribution is -2.41. The lowest BCUT2D eigenvalue weighted by atomic mass is 9.80. The van der Waals surface area contributed by atoms with E-state index in [0.717, 1.165) is 56.9 Å². The molecular formula is C30H45FN3O9PS. The topological polar surface area (TPSA) is 163 Å². The van der Waals surface area contributed by atoms with Gasteiger partial charge in [0.05, 0.1) is 24.6 Å². The van der Waals surface area contributed by atoms with Gasteiger partial charge in [0, 0.05) is 37.0 Å². The van der Waals surface area contributed by atoms with Gasteiger partial charge >= 0.3 is 7.82 Å². The van der Waals surface area contributed by atoms with E-state index < -0.39 is 31.6 Å². The molecule has 0 aromatic heterocycles. The van der Waals surface area contributed by atoms with Gasteiger partial charge in [-0.15, -0.1) is 11.8 Å². The van der Waals surface area contributed by atoms with Crippen molar-refractivity contribution >= 4 is 43.1 Å². The summed E-state index contributed by atoms with van der Waals surface area (Å²) < 4.78 is 36.3. The maximum Gasteiger partial charge on any atom is 0.472 e. The van der Waals surface area contributed by atoms with Crippen LogP contribution in [0.25, 0.3) is 0 Å². The van der Waals surface area contributed by atoms with Crippen molar-refractivity contribution in [2.24, 2.45) is 17.8 Å². The highest BCUT2D eigenvalue weighted by Gasteiger charge is 2.41. The molecule has 0 spiro atoms. The first kappa shape index (κ1) is 35.8. The molecule has 0 bridgehead atoms. The molecule has 0 aromatic carbocycles. The van der Waals surface area contributed by atoms with Crippen LogP contribution in [0.3, 0.4) is 0 Å². The van der Waals surface area contributed by atoms with Crippen molar-refractivity contribution in [3.05, 3.63) is 24.4 Å². The number of amides is 3. The Balaban J connectivity index is 1.05. The molecule has 3 N–H and O–H groups in total. The van der Waals surface area contributed by atoms with E-state index in [1.165, 1.54) is 21.6 Å². The molecule has 45 heavy (non-hydrogen) atoms. The van der Waals surface area contributed by atoms with Crippen LogP contribution in [0, 0.1) is 17.8 Å². The van der Waals surface area contributed by atoms with E-state index >= 15 is 0 Å². The van der Waals surface area contributed by atoms with Crippen LogP contribution in [-0.4, -0.2) is 86.2 Å². The summed E-state index contributed by atoms with van der Waals surface area (Å²) in [5.41, 5.74) is 0. The number of ketones is 1. The van der Waals surface area contributed by atoms with Crippen LogP contribution in [0.4, 0.5) is 4.39 Å². The van der Waals surface area contributed by atoms with Crippen LogP contribution in [0.5, 0.6) is 0 Å². The summed E-state index contributed by atoms with van der Waals surface area (Å²) in [7, 11) is -4.33. The van der Waals surface area contributed by atoms with Crippen molar-refractivity contribution in [2.75, 3.05) is 25.5 Å². The zero-order chi connectivity index (χ0) is 32.7. The van der Waals surface area contributed by atoms with E-state index in [2.05, 4.69) is 11.9 Å². The number of hydrogen-bond donors (Lipinski definition) is 3. The first-order valence-corrected chi connectivity index (χ1v) is 18.3. The number of nitrogens with one attached hydrogen (secondary N) is 1. The van der Waals surface area contributed by atoms with Gasteiger partial charge in [-0.25, -0.2) is 4.57 Å². The van der Waals surface area contributed by atoms with Crippen molar-refractivity contribution in [3.63, 3.8) is 0 Å². The number of halogens is 1. The second kappa shape index (κ2) is 16.1. The summed E-state index contributed by atoms with van der Waals surface area (Å²) in [6.07, 6.45) is 7.32. The van der Waals surface area contributed by atoms with Crippen LogP contribution >= 0.6 is 19.6 Å². The Morgan fingerprint density at radius 1 is 1.13 bits per heavy atom. The third kappa shape index (κ3) is 9.95. The summed E-state index contributed by atoms with van der Waals surface area (Å²) in [6, 6.07) is -0.361. The minimum absolute atomic E-state index is 0.0209. The highest BCUT2D eigenvalue weighted by Crippen LogP contribution is 2.45. The third-order valence-corrected chi connectivity index (χ3v) is 11.5. The fraction of sp³-hybridized carbons (Fsp3) is 0.733. The fourth-order valence-electron chi connectivity index (χ4n) is 6.49. The van der Waals surface area contributed by atoms with E-state index in [0.29, 0.717) is 19.4 Å². The van der Waals surface area contributed by atoms with Gasteiger partial charge in [0.15, 0.2) is 0 Å². The zero-order valence-electron chi connectivity index (χ0n) is 25.7. The van der Waals surface area contributed by atoms with Gasteiger partial charge in [-0.2, -0.15) is 4.39 Å². The molecule has 252 valence electrons. The molecule has 3 fully saturated rings. The first-order chi connectivity index (χ1) is 21.3. The van der Waals surface area contributed by atoms with E-state index in [1.807, 2.05) is 0 Å². The van der Waals surface area contributed by atoms with Gasteiger partial charge in [-0.3, -0.25) is 33.1 Å². The van der Waals surface area contributed by atoms with E-state index in [-0.39, 0.29) is 72.6 Å². The molecule has 12 nitrogen and oxygen atoms in total. The highest BCUT2D eigenvalue weighted by atomic mass is 32.2. The number of carbonyl (C=O) groups is 4. The average molecular weight is 674 g/mol. The summed E-state index contributed by atoms with van der Waals surface area (Å²) in [5, 5.41) is 12.4. The van der Waals surface area contributed by atoms with Gasteiger partial charge < -0.3 is 20.2 Å². The SMILES string of the molecule is C=C1NC(=O)C(F)=CN1C1CC(O)C(COP(=O)(O)OCCCCCCSC2CC(=O)N(CC3CCC(C(C)=O)CC3)C2=O)C1. The number of carbonyl (C=O) groups excluding carboxylic acids is 4. The molecule has 1 saturated heterocycles. The van der Waals surface area contributed by atoms with Crippen molar-refractivity contribution in [1.82, 2.24) is 15.1 Å². The molecule has 4 rings (SSSR count). The van der Waals surface area contributed by atoms with E-state index in [4.69, 9.17) is 9.05 Å². The second-order valence-corrected chi connectivity index (χ2v) is 15.2. The lowest BCUT2D eigenvalue weighted by Gasteiger charge is -2.32. The molecule has 2 heterocycles. The molecule has 3 amide bonds. The maximum absolute atomic E-state index is 13.7. The number of imide groups is 1. The Bertz CT molecular complexity index is 1210. The Morgan fingerprint density at radius 3 is 2.56 bits per heavy atom. The fourth-order valence-corrected chi connectivity index (χ4v) is 8.49. The van der Waals surface area contributed by atoms with Crippen LogP contribution in [0.2, 0.25) is 0 Å². The smallest absolute Gasteiger partial charge is 0.393 e. The number of thioether (sulfide) groups is 1. The normalized spacial score (nSPS) is 30.4. The number of hydrogen-bond acceptors (Lipinski definition) is 10. The molecular weight excluding hydrogens is 628 g/mol. The zero-order valence-corrected chi connectivity index (χ0v) is 27.4. The summed E-state index contributed by atoms with van der Waals surface area (Å²) in [6.45, 7) is 5.59.